The summed E-state index contributed by atoms with van der Waals surface area (Å²) in [5.41, 5.74) is 3.39. The zero-order chi connectivity index (χ0) is 24.1. The maximum absolute atomic E-state index is 13.1. The van der Waals surface area contributed by atoms with Crippen molar-refractivity contribution in [3.63, 3.8) is 0 Å². The average molecular weight is 451 g/mol. The predicted octanol–water partition coefficient (Wildman–Crippen LogP) is 4.47. The molecule has 33 heavy (non-hydrogen) atoms. The van der Waals surface area contributed by atoms with Crippen molar-refractivity contribution in [3.05, 3.63) is 70.3 Å². The van der Waals surface area contributed by atoms with Crippen molar-refractivity contribution in [2.24, 2.45) is 0 Å². The molecule has 0 radical (unpaired) electrons. The van der Waals surface area contributed by atoms with Gasteiger partial charge in [-0.15, -0.1) is 0 Å². The maximum Gasteiger partial charge on any atom is 0.295 e. The van der Waals surface area contributed by atoms with E-state index >= 15 is 0 Å². The fourth-order valence-electron chi connectivity index (χ4n) is 4.09. The molecule has 1 N–H and O–H groups in total. The third kappa shape index (κ3) is 5.45. The first kappa shape index (κ1) is 24.5. The molecule has 0 aromatic heterocycles. The van der Waals surface area contributed by atoms with Crippen LogP contribution in [0.15, 0.2) is 48.0 Å². The smallest absolute Gasteiger partial charge is 0.295 e. The number of aliphatic hydroxyl groups is 1. The maximum atomic E-state index is 13.1. The number of likely N-dealkylation sites (tertiary alicyclic amines) is 1. The van der Waals surface area contributed by atoms with E-state index in [2.05, 4.69) is 0 Å². The summed E-state index contributed by atoms with van der Waals surface area (Å²) in [6.45, 7) is 7.76. The van der Waals surface area contributed by atoms with E-state index in [0.717, 1.165) is 41.8 Å². The van der Waals surface area contributed by atoms with E-state index in [0.29, 0.717) is 18.7 Å². The van der Waals surface area contributed by atoms with Crippen LogP contribution in [0.2, 0.25) is 0 Å². The molecule has 176 valence electrons. The fraction of sp³-hybridized carbons (Fsp3) is 0.407. The number of rotatable bonds is 9. The van der Waals surface area contributed by atoms with Crippen molar-refractivity contribution in [2.75, 3.05) is 33.8 Å². The van der Waals surface area contributed by atoms with Gasteiger partial charge in [0.2, 0.25) is 0 Å². The Balaban J connectivity index is 2.05. The minimum Gasteiger partial charge on any atom is -0.507 e. The van der Waals surface area contributed by atoms with Crippen LogP contribution in [0.5, 0.6) is 5.75 Å². The van der Waals surface area contributed by atoms with E-state index in [-0.39, 0.29) is 11.3 Å². The molecule has 6 nitrogen and oxygen atoms in total. The first-order valence-electron chi connectivity index (χ1n) is 11.5. The number of aliphatic hydroxyl groups excluding tert-OH is 1. The monoisotopic (exact) mass is 450 g/mol. The summed E-state index contributed by atoms with van der Waals surface area (Å²) >= 11 is 0. The number of ether oxygens (including phenoxy) is 1. The lowest BCUT2D eigenvalue weighted by Gasteiger charge is -2.26. The van der Waals surface area contributed by atoms with Crippen LogP contribution in [-0.2, 0) is 9.59 Å². The van der Waals surface area contributed by atoms with Gasteiger partial charge >= 0.3 is 0 Å². The Hall–Kier alpha value is -3.12. The molecule has 3 rings (SSSR count). The van der Waals surface area contributed by atoms with E-state index in [4.69, 9.17) is 4.74 Å². The number of amides is 1. The highest BCUT2D eigenvalue weighted by molar-refractivity contribution is 6.46. The first-order chi connectivity index (χ1) is 15.7. The summed E-state index contributed by atoms with van der Waals surface area (Å²) in [7, 11) is 3.95. The lowest BCUT2D eigenvalue weighted by molar-refractivity contribution is -0.139. The van der Waals surface area contributed by atoms with Gasteiger partial charge in [-0.1, -0.05) is 36.8 Å². The van der Waals surface area contributed by atoms with Crippen LogP contribution in [0.1, 0.15) is 48.1 Å². The molecule has 2 aromatic rings. The Morgan fingerprint density at radius 1 is 1.09 bits per heavy atom. The molecule has 0 aliphatic carbocycles. The summed E-state index contributed by atoms with van der Waals surface area (Å²) in [4.78, 5) is 29.8. The van der Waals surface area contributed by atoms with Crippen molar-refractivity contribution in [2.45, 2.75) is 39.7 Å². The highest BCUT2D eigenvalue weighted by Gasteiger charge is 2.45. The molecule has 1 unspecified atom stereocenters. The van der Waals surface area contributed by atoms with Gasteiger partial charge in [0.1, 0.15) is 11.5 Å². The van der Waals surface area contributed by atoms with Crippen LogP contribution in [0.4, 0.5) is 0 Å². The average Bonchev–Trinajstić information content (AvgIpc) is 3.03. The van der Waals surface area contributed by atoms with Crippen molar-refractivity contribution >= 4 is 17.4 Å². The highest BCUT2D eigenvalue weighted by atomic mass is 16.5. The highest BCUT2D eigenvalue weighted by Crippen LogP contribution is 2.40. The number of hydrogen-bond acceptors (Lipinski definition) is 5. The molecule has 0 bridgehead atoms. The Labute approximate surface area is 196 Å². The third-order valence-electron chi connectivity index (χ3n) is 5.85. The molecule has 0 saturated carbocycles. The van der Waals surface area contributed by atoms with Crippen LogP contribution >= 0.6 is 0 Å². The number of benzene rings is 2. The molecular formula is C27H34N2O4. The Kier molecular flexibility index (Phi) is 7.92. The largest absolute Gasteiger partial charge is 0.507 e. The minimum absolute atomic E-state index is 0.135. The number of nitrogens with zero attached hydrogens (tertiary/aromatic N) is 2. The van der Waals surface area contributed by atoms with E-state index in [1.807, 2.05) is 64.0 Å². The van der Waals surface area contributed by atoms with Crippen LogP contribution in [0.25, 0.3) is 5.76 Å². The second-order valence-corrected chi connectivity index (χ2v) is 8.89. The van der Waals surface area contributed by atoms with Gasteiger partial charge in [0.15, 0.2) is 0 Å². The number of ketones is 1. The Morgan fingerprint density at radius 2 is 1.79 bits per heavy atom. The van der Waals surface area contributed by atoms with Crippen molar-refractivity contribution in [3.8, 4) is 5.75 Å². The summed E-state index contributed by atoms with van der Waals surface area (Å²) in [6.07, 6.45) is 1.62. The topological polar surface area (TPSA) is 70.1 Å². The molecule has 1 fully saturated rings. The Bertz CT molecular complexity index is 1040. The minimum atomic E-state index is -0.646. The SMILES string of the molecule is CCCOc1ccc(/C(O)=C2\C(=O)C(=O)N(CCCN(C)C)C2c2ccc(C)cc2)cc1C. The van der Waals surface area contributed by atoms with Gasteiger partial charge in [0.25, 0.3) is 11.7 Å². The number of carbonyl (C=O) groups is 2. The number of carbonyl (C=O) groups excluding carboxylic acids is 2. The molecule has 6 heteroatoms. The van der Waals surface area contributed by atoms with Gasteiger partial charge in [0.05, 0.1) is 18.2 Å². The van der Waals surface area contributed by atoms with E-state index in [1.54, 1.807) is 23.1 Å². The summed E-state index contributed by atoms with van der Waals surface area (Å²) < 4.78 is 5.74. The van der Waals surface area contributed by atoms with Gasteiger partial charge in [-0.25, -0.2) is 0 Å². The van der Waals surface area contributed by atoms with Crippen LogP contribution < -0.4 is 4.74 Å². The van der Waals surface area contributed by atoms with Gasteiger partial charge in [-0.3, -0.25) is 9.59 Å². The molecule has 1 atom stereocenters. The van der Waals surface area contributed by atoms with Crippen LogP contribution in [-0.4, -0.2) is 60.4 Å². The van der Waals surface area contributed by atoms with Crippen LogP contribution in [0, 0.1) is 13.8 Å². The summed E-state index contributed by atoms with van der Waals surface area (Å²) in [5.74, 6) is -0.626. The quantitative estimate of drug-likeness (QED) is 0.347. The molecule has 1 heterocycles. The molecule has 1 aliphatic rings. The number of hydrogen-bond donors (Lipinski definition) is 1. The van der Waals surface area contributed by atoms with Crippen molar-refractivity contribution < 1.29 is 19.4 Å². The zero-order valence-electron chi connectivity index (χ0n) is 20.2. The fourth-order valence-corrected chi connectivity index (χ4v) is 4.09. The summed E-state index contributed by atoms with van der Waals surface area (Å²) in [6, 6.07) is 12.5. The number of aryl methyl sites for hydroxylation is 2. The molecule has 1 amide bonds. The predicted molar refractivity (Wildman–Crippen MR) is 130 cm³/mol. The van der Waals surface area contributed by atoms with E-state index in [1.165, 1.54) is 0 Å². The normalized spacial score (nSPS) is 17.8. The zero-order valence-corrected chi connectivity index (χ0v) is 20.2. The number of Topliss-reactive ketones (excluding diaryl/α,β-unsaturated/α-hetero) is 1. The van der Waals surface area contributed by atoms with Gasteiger partial charge in [-0.05, 0) is 76.7 Å². The van der Waals surface area contributed by atoms with E-state index in [9.17, 15) is 14.7 Å². The Morgan fingerprint density at radius 3 is 2.39 bits per heavy atom. The molecular weight excluding hydrogens is 416 g/mol. The molecule has 2 aromatic carbocycles. The van der Waals surface area contributed by atoms with Crippen LogP contribution in [0.3, 0.4) is 0 Å². The van der Waals surface area contributed by atoms with Crippen molar-refractivity contribution in [1.29, 1.82) is 0 Å². The lowest BCUT2D eigenvalue weighted by atomic mass is 9.94. The van der Waals surface area contributed by atoms with Gasteiger partial charge in [-0.2, -0.15) is 0 Å². The summed E-state index contributed by atoms with van der Waals surface area (Å²) in [5, 5.41) is 11.2. The lowest BCUT2D eigenvalue weighted by Crippen LogP contribution is -2.32. The third-order valence-corrected chi connectivity index (χ3v) is 5.85. The van der Waals surface area contributed by atoms with Gasteiger partial charge < -0.3 is 19.6 Å². The van der Waals surface area contributed by atoms with E-state index < -0.39 is 17.7 Å². The molecule has 1 aliphatic heterocycles. The van der Waals surface area contributed by atoms with Gasteiger partial charge in [0, 0.05) is 12.1 Å². The molecule has 1 saturated heterocycles. The molecule has 0 spiro atoms. The second-order valence-electron chi connectivity index (χ2n) is 8.89. The second kappa shape index (κ2) is 10.7. The first-order valence-corrected chi connectivity index (χ1v) is 11.5. The standard InChI is InChI=1S/C27H34N2O4/c1-6-16-33-22-13-12-21(17-19(22)3)25(30)23-24(20-10-8-18(2)9-11-20)29(27(32)26(23)31)15-7-14-28(4)5/h8-13,17,24,30H,6-7,14-16H2,1-5H3/b25-23+. The van der Waals surface area contributed by atoms with Crippen molar-refractivity contribution in [1.82, 2.24) is 9.80 Å².